The summed E-state index contributed by atoms with van der Waals surface area (Å²) in [6.45, 7) is 7.19. The monoisotopic (exact) mass is 367 g/mol. The summed E-state index contributed by atoms with van der Waals surface area (Å²) in [5.41, 5.74) is 0.0672. The minimum atomic E-state index is -0.854. The van der Waals surface area contributed by atoms with Crippen LogP contribution in [0.2, 0.25) is 0 Å². The maximum atomic E-state index is 13.0. The van der Waals surface area contributed by atoms with Crippen LogP contribution >= 0.6 is 0 Å². The molecule has 1 aliphatic rings. The van der Waals surface area contributed by atoms with Gasteiger partial charge in [0.05, 0.1) is 6.42 Å². The molecule has 0 radical (unpaired) electrons. The average molecular weight is 367 g/mol. The molecule has 27 heavy (non-hydrogen) atoms. The Hall–Kier alpha value is -2.66. The molecule has 1 aliphatic heterocycles. The molecule has 0 spiro atoms. The van der Waals surface area contributed by atoms with Crippen LogP contribution in [0, 0.1) is 0 Å². The number of carbonyl (C=O) groups excluding carboxylic acids is 2. The number of hydrogen-bond acceptors (Lipinski definition) is 4. The Balaban J connectivity index is 2.00. The first-order valence-electron chi connectivity index (χ1n) is 9.03. The first-order chi connectivity index (χ1) is 12.7. The number of imide groups is 1. The third-order valence-electron chi connectivity index (χ3n) is 4.42. The highest BCUT2D eigenvalue weighted by molar-refractivity contribution is 5.93. The Morgan fingerprint density at radius 1 is 1.07 bits per heavy atom. The van der Waals surface area contributed by atoms with E-state index in [2.05, 4.69) is 0 Å². The molecule has 0 bridgehead atoms. The van der Waals surface area contributed by atoms with Crippen LogP contribution in [0.3, 0.4) is 0 Å². The second-order valence-electron chi connectivity index (χ2n) is 7.90. The van der Waals surface area contributed by atoms with Crippen molar-refractivity contribution in [2.75, 3.05) is 0 Å². The normalized spacial score (nSPS) is 23.2. The van der Waals surface area contributed by atoms with E-state index in [-0.39, 0.29) is 12.3 Å². The lowest BCUT2D eigenvalue weighted by atomic mass is 9.89. The van der Waals surface area contributed by atoms with Gasteiger partial charge in [-0.3, -0.25) is 4.79 Å². The lowest BCUT2D eigenvalue weighted by Crippen LogP contribution is -2.52. The lowest BCUT2D eigenvalue weighted by Gasteiger charge is -2.44. The van der Waals surface area contributed by atoms with Gasteiger partial charge in [0.1, 0.15) is 11.2 Å². The summed E-state index contributed by atoms with van der Waals surface area (Å²) in [6.07, 6.45) is -1.50. The van der Waals surface area contributed by atoms with Gasteiger partial charge < -0.3 is 9.47 Å². The molecule has 2 aromatic rings. The number of rotatable bonds is 2. The lowest BCUT2D eigenvalue weighted by molar-refractivity contribution is -0.199. The zero-order valence-electron chi connectivity index (χ0n) is 16.1. The highest BCUT2D eigenvalue weighted by atomic mass is 16.6. The van der Waals surface area contributed by atoms with Crippen LogP contribution in [0.5, 0.6) is 0 Å². The van der Waals surface area contributed by atoms with Crippen LogP contribution in [0.15, 0.2) is 60.7 Å². The first-order valence-corrected chi connectivity index (χ1v) is 9.03. The van der Waals surface area contributed by atoms with Crippen molar-refractivity contribution < 1.29 is 19.1 Å². The third-order valence-corrected chi connectivity index (χ3v) is 4.42. The average Bonchev–Trinajstić information content (AvgIpc) is 2.61. The molecule has 2 aromatic carbocycles. The predicted octanol–water partition coefficient (Wildman–Crippen LogP) is 4.78. The summed E-state index contributed by atoms with van der Waals surface area (Å²) < 4.78 is 11.8. The van der Waals surface area contributed by atoms with E-state index in [9.17, 15) is 9.59 Å². The topological polar surface area (TPSA) is 55.8 Å². The predicted molar refractivity (Wildman–Crippen MR) is 102 cm³/mol. The Bertz CT molecular complexity index is 813. The molecule has 3 rings (SSSR count). The molecule has 0 aromatic heterocycles. The molecule has 1 unspecified atom stereocenters. The van der Waals surface area contributed by atoms with Crippen LogP contribution in [0.1, 0.15) is 51.5 Å². The molecule has 1 saturated heterocycles. The van der Waals surface area contributed by atoms with Gasteiger partial charge in [-0.05, 0) is 33.3 Å². The van der Waals surface area contributed by atoms with Gasteiger partial charge >= 0.3 is 6.09 Å². The van der Waals surface area contributed by atoms with Gasteiger partial charge in [-0.2, -0.15) is 0 Å². The smallest absolute Gasteiger partial charge is 0.419 e. The molecule has 5 nitrogen and oxygen atoms in total. The summed E-state index contributed by atoms with van der Waals surface area (Å²) >= 11 is 0. The molecule has 142 valence electrons. The Morgan fingerprint density at radius 2 is 1.63 bits per heavy atom. The van der Waals surface area contributed by atoms with Crippen molar-refractivity contribution in [3.8, 4) is 0 Å². The van der Waals surface area contributed by atoms with Crippen molar-refractivity contribution in [2.24, 2.45) is 0 Å². The van der Waals surface area contributed by atoms with Gasteiger partial charge in [0.15, 0.2) is 6.23 Å². The van der Waals surface area contributed by atoms with Crippen molar-refractivity contribution in [1.82, 2.24) is 4.90 Å². The Morgan fingerprint density at radius 3 is 2.19 bits per heavy atom. The molecule has 5 heteroatoms. The molecule has 1 fully saturated rings. The fourth-order valence-electron chi connectivity index (χ4n) is 3.15. The largest absolute Gasteiger partial charge is 0.443 e. The van der Waals surface area contributed by atoms with E-state index in [1.54, 1.807) is 20.8 Å². The van der Waals surface area contributed by atoms with Gasteiger partial charge in [-0.1, -0.05) is 60.7 Å². The third kappa shape index (κ3) is 4.19. The van der Waals surface area contributed by atoms with Gasteiger partial charge in [0.2, 0.25) is 5.91 Å². The van der Waals surface area contributed by atoms with Gasteiger partial charge in [0.25, 0.3) is 0 Å². The van der Waals surface area contributed by atoms with E-state index >= 15 is 0 Å². The molecule has 2 amide bonds. The second-order valence-corrected chi connectivity index (χ2v) is 7.90. The van der Waals surface area contributed by atoms with Crippen LogP contribution in [0.4, 0.5) is 4.79 Å². The molecule has 0 saturated carbocycles. The molecular weight excluding hydrogens is 342 g/mol. The van der Waals surface area contributed by atoms with Crippen LogP contribution in [-0.4, -0.2) is 22.5 Å². The molecule has 0 N–H and O–H groups in total. The molecule has 0 aliphatic carbocycles. The Kier molecular flexibility index (Phi) is 5.07. The molecule has 1 heterocycles. The number of hydrogen-bond donors (Lipinski definition) is 0. The zero-order chi connectivity index (χ0) is 19.7. The number of ether oxygens (including phenoxy) is 2. The van der Waals surface area contributed by atoms with Crippen LogP contribution < -0.4 is 0 Å². The minimum absolute atomic E-state index is 0.0551. The van der Waals surface area contributed by atoms with Crippen molar-refractivity contribution in [2.45, 2.75) is 51.5 Å². The number of benzene rings is 2. The highest BCUT2D eigenvalue weighted by Crippen LogP contribution is 2.42. The molecular formula is C22H25NO4. The van der Waals surface area contributed by atoms with E-state index in [1.807, 2.05) is 67.6 Å². The summed E-state index contributed by atoms with van der Waals surface area (Å²) in [5.74, 6) is -0.323. The van der Waals surface area contributed by atoms with Gasteiger partial charge in [0, 0.05) is 5.56 Å². The maximum Gasteiger partial charge on any atom is 0.419 e. The number of carbonyl (C=O) groups is 2. The summed E-state index contributed by atoms with van der Waals surface area (Å²) in [6, 6.07) is 18.9. The first kappa shape index (κ1) is 19.1. The fraction of sp³-hybridized carbons (Fsp3) is 0.364. The van der Waals surface area contributed by atoms with E-state index < -0.39 is 23.5 Å². The SMILES string of the molecule is CC(C)(C)OC(=O)N1C(=O)CC(C)(c2ccccc2)O[C@H]1c1ccccc1. The summed E-state index contributed by atoms with van der Waals surface area (Å²) in [5, 5.41) is 0. The molecule has 2 atom stereocenters. The summed E-state index contributed by atoms with van der Waals surface area (Å²) in [4.78, 5) is 26.9. The van der Waals surface area contributed by atoms with Crippen LogP contribution in [0.25, 0.3) is 0 Å². The highest BCUT2D eigenvalue weighted by Gasteiger charge is 2.47. The van der Waals surface area contributed by atoms with Crippen LogP contribution in [-0.2, 0) is 19.9 Å². The van der Waals surface area contributed by atoms with E-state index in [4.69, 9.17) is 9.47 Å². The number of nitrogens with zero attached hydrogens (tertiary/aromatic N) is 1. The van der Waals surface area contributed by atoms with E-state index in [0.717, 1.165) is 16.0 Å². The second kappa shape index (κ2) is 7.16. The zero-order valence-corrected chi connectivity index (χ0v) is 16.1. The van der Waals surface area contributed by atoms with Crippen molar-refractivity contribution in [3.63, 3.8) is 0 Å². The maximum absolute atomic E-state index is 13.0. The van der Waals surface area contributed by atoms with Gasteiger partial charge in [-0.15, -0.1) is 0 Å². The van der Waals surface area contributed by atoms with Crippen molar-refractivity contribution in [1.29, 1.82) is 0 Å². The van der Waals surface area contributed by atoms with Gasteiger partial charge in [-0.25, -0.2) is 9.69 Å². The summed E-state index contributed by atoms with van der Waals surface area (Å²) in [7, 11) is 0. The standard InChI is InChI=1S/C22H25NO4/c1-21(2,3)27-20(25)23-18(24)15-22(4,17-13-9-6-10-14-17)26-19(23)16-11-7-5-8-12-16/h5-14,19H,15H2,1-4H3/t19-,22?/m0/s1. The van der Waals surface area contributed by atoms with E-state index in [1.165, 1.54) is 0 Å². The van der Waals surface area contributed by atoms with Crippen molar-refractivity contribution >= 4 is 12.0 Å². The number of amides is 2. The Labute approximate surface area is 159 Å². The minimum Gasteiger partial charge on any atom is -0.443 e. The quantitative estimate of drug-likeness (QED) is 0.766. The fourth-order valence-corrected chi connectivity index (χ4v) is 3.15. The van der Waals surface area contributed by atoms with E-state index in [0.29, 0.717) is 0 Å². The van der Waals surface area contributed by atoms with Crippen molar-refractivity contribution in [3.05, 3.63) is 71.8 Å².